The van der Waals surface area contributed by atoms with Gasteiger partial charge in [0.2, 0.25) is 0 Å². The van der Waals surface area contributed by atoms with Gasteiger partial charge in [0.15, 0.2) is 5.82 Å². The van der Waals surface area contributed by atoms with Crippen LogP contribution in [0.4, 0.5) is 0 Å². The van der Waals surface area contributed by atoms with Crippen molar-refractivity contribution in [3.63, 3.8) is 0 Å². The van der Waals surface area contributed by atoms with E-state index >= 15 is 0 Å². The van der Waals surface area contributed by atoms with Gasteiger partial charge in [-0.2, -0.15) is 16.7 Å². The van der Waals surface area contributed by atoms with Crippen LogP contribution in [-0.2, 0) is 5.75 Å². The summed E-state index contributed by atoms with van der Waals surface area (Å²) in [5, 5.41) is 13.8. The highest BCUT2D eigenvalue weighted by Gasteiger charge is 2.13. The van der Waals surface area contributed by atoms with Crippen LogP contribution in [0.2, 0.25) is 5.02 Å². The molecule has 0 aliphatic heterocycles. The van der Waals surface area contributed by atoms with Crippen LogP contribution in [0.5, 0.6) is 5.75 Å². The third kappa shape index (κ3) is 3.88. The molecule has 1 heterocycles. The standard InChI is InChI=1S/C13H15ClN2O2S/c1-8(2)6-19-7-12-15-13(18-16-12)10-5-9(17)3-4-11(10)14/h3-5,8,17H,6-7H2,1-2H3. The summed E-state index contributed by atoms with van der Waals surface area (Å²) in [6.07, 6.45) is 0. The molecule has 0 spiro atoms. The number of hydrogen-bond acceptors (Lipinski definition) is 5. The Bertz CT molecular complexity index is 557. The molecule has 0 atom stereocenters. The van der Waals surface area contributed by atoms with Gasteiger partial charge in [0.05, 0.1) is 16.3 Å². The van der Waals surface area contributed by atoms with Crippen molar-refractivity contribution >= 4 is 23.4 Å². The van der Waals surface area contributed by atoms with Crippen LogP contribution in [0.3, 0.4) is 0 Å². The second-order valence-corrected chi connectivity index (χ2v) is 6.03. The van der Waals surface area contributed by atoms with Crippen molar-refractivity contribution in [3.8, 4) is 17.2 Å². The zero-order valence-electron chi connectivity index (χ0n) is 10.8. The van der Waals surface area contributed by atoms with Crippen molar-refractivity contribution in [2.45, 2.75) is 19.6 Å². The Morgan fingerprint density at radius 1 is 1.42 bits per heavy atom. The van der Waals surface area contributed by atoms with Gasteiger partial charge in [-0.05, 0) is 29.9 Å². The number of rotatable bonds is 5. The average molecular weight is 299 g/mol. The maximum Gasteiger partial charge on any atom is 0.259 e. The minimum absolute atomic E-state index is 0.119. The molecule has 1 aromatic heterocycles. The summed E-state index contributed by atoms with van der Waals surface area (Å²) in [5.74, 6) is 3.49. The number of aromatic hydroxyl groups is 1. The van der Waals surface area contributed by atoms with Gasteiger partial charge in [-0.1, -0.05) is 30.6 Å². The van der Waals surface area contributed by atoms with Gasteiger partial charge < -0.3 is 9.63 Å². The number of thioether (sulfide) groups is 1. The molecule has 4 nitrogen and oxygen atoms in total. The lowest BCUT2D eigenvalue weighted by molar-refractivity contribution is 0.424. The van der Waals surface area contributed by atoms with Crippen molar-refractivity contribution < 1.29 is 9.63 Å². The van der Waals surface area contributed by atoms with Crippen molar-refractivity contribution in [2.24, 2.45) is 5.92 Å². The molecule has 1 aromatic carbocycles. The number of benzene rings is 1. The average Bonchev–Trinajstić information content (AvgIpc) is 2.80. The number of phenolic OH excluding ortho intramolecular Hbond substituents is 1. The molecule has 2 aromatic rings. The van der Waals surface area contributed by atoms with E-state index in [9.17, 15) is 5.11 Å². The minimum atomic E-state index is 0.119. The van der Waals surface area contributed by atoms with Crippen LogP contribution in [0.1, 0.15) is 19.7 Å². The lowest BCUT2D eigenvalue weighted by Crippen LogP contribution is -1.92. The number of aromatic nitrogens is 2. The Morgan fingerprint density at radius 3 is 2.95 bits per heavy atom. The Morgan fingerprint density at radius 2 is 2.21 bits per heavy atom. The first-order chi connectivity index (χ1) is 9.06. The molecule has 0 fully saturated rings. The predicted octanol–water partition coefficient (Wildman–Crippen LogP) is 3.98. The van der Waals surface area contributed by atoms with Gasteiger partial charge in [0.1, 0.15) is 5.75 Å². The van der Waals surface area contributed by atoms with Gasteiger partial charge in [0.25, 0.3) is 5.89 Å². The highest BCUT2D eigenvalue weighted by molar-refractivity contribution is 7.98. The Balaban J connectivity index is 2.10. The van der Waals surface area contributed by atoms with Crippen LogP contribution < -0.4 is 0 Å². The fourth-order valence-electron chi connectivity index (χ4n) is 1.49. The molecule has 1 N–H and O–H groups in total. The van der Waals surface area contributed by atoms with E-state index in [1.165, 1.54) is 12.1 Å². The van der Waals surface area contributed by atoms with E-state index < -0.39 is 0 Å². The van der Waals surface area contributed by atoms with Gasteiger partial charge in [0, 0.05) is 0 Å². The predicted molar refractivity (Wildman–Crippen MR) is 77.4 cm³/mol. The molecule has 0 unspecified atom stereocenters. The molecular weight excluding hydrogens is 284 g/mol. The van der Waals surface area contributed by atoms with Crippen LogP contribution in [0.15, 0.2) is 22.7 Å². The third-order valence-electron chi connectivity index (χ3n) is 2.33. The second-order valence-electron chi connectivity index (χ2n) is 4.59. The fourth-order valence-corrected chi connectivity index (χ4v) is 2.57. The van der Waals surface area contributed by atoms with E-state index in [1.807, 2.05) is 0 Å². The molecular formula is C13H15ClN2O2S. The first kappa shape index (κ1) is 14.2. The molecule has 19 heavy (non-hydrogen) atoms. The van der Waals surface area contributed by atoms with Crippen LogP contribution >= 0.6 is 23.4 Å². The summed E-state index contributed by atoms with van der Waals surface area (Å²) < 4.78 is 5.17. The fraction of sp³-hybridized carbons (Fsp3) is 0.385. The van der Waals surface area contributed by atoms with Gasteiger partial charge in [-0.3, -0.25) is 0 Å². The summed E-state index contributed by atoms with van der Waals surface area (Å²) in [4.78, 5) is 4.29. The summed E-state index contributed by atoms with van der Waals surface area (Å²) in [7, 11) is 0. The van der Waals surface area contributed by atoms with Crippen LogP contribution in [0.25, 0.3) is 11.5 Å². The Hall–Kier alpha value is -1.20. The first-order valence-electron chi connectivity index (χ1n) is 5.95. The molecule has 0 saturated heterocycles. The van der Waals surface area contributed by atoms with E-state index in [2.05, 4.69) is 24.0 Å². The molecule has 6 heteroatoms. The normalized spacial score (nSPS) is 11.2. The molecule has 0 aliphatic carbocycles. The van der Waals surface area contributed by atoms with Crippen molar-refractivity contribution in [3.05, 3.63) is 29.0 Å². The first-order valence-corrected chi connectivity index (χ1v) is 7.48. The van der Waals surface area contributed by atoms with E-state index in [1.54, 1.807) is 17.8 Å². The highest BCUT2D eigenvalue weighted by Crippen LogP contribution is 2.30. The summed E-state index contributed by atoms with van der Waals surface area (Å²) in [6.45, 7) is 4.34. The summed E-state index contributed by atoms with van der Waals surface area (Å²) in [5.41, 5.74) is 0.550. The zero-order chi connectivity index (χ0) is 13.8. The quantitative estimate of drug-likeness (QED) is 0.904. The highest BCUT2D eigenvalue weighted by atomic mass is 35.5. The smallest absolute Gasteiger partial charge is 0.259 e. The van der Waals surface area contributed by atoms with E-state index in [0.29, 0.717) is 34.0 Å². The largest absolute Gasteiger partial charge is 0.508 e. The van der Waals surface area contributed by atoms with Crippen molar-refractivity contribution in [1.29, 1.82) is 0 Å². The SMILES string of the molecule is CC(C)CSCc1noc(-c2cc(O)ccc2Cl)n1. The maximum absolute atomic E-state index is 9.46. The Labute approximate surface area is 121 Å². The molecule has 0 bridgehead atoms. The molecule has 0 amide bonds. The molecule has 2 rings (SSSR count). The van der Waals surface area contributed by atoms with E-state index in [-0.39, 0.29) is 5.75 Å². The zero-order valence-corrected chi connectivity index (χ0v) is 12.3. The molecule has 0 saturated carbocycles. The number of hydrogen-bond donors (Lipinski definition) is 1. The molecule has 102 valence electrons. The lowest BCUT2D eigenvalue weighted by Gasteiger charge is -2.00. The lowest BCUT2D eigenvalue weighted by atomic mass is 10.2. The minimum Gasteiger partial charge on any atom is -0.508 e. The summed E-state index contributed by atoms with van der Waals surface area (Å²) in [6, 6.07) is 4.63. The van der Waals surface area contributed by atoms with E-state index in [0.717, 1.165) is 5.75 Å². The molecule has 0 radical (unpaired) electrons. The third-order valence-corrected chi connectivity index (χ3v) is 4.03. The number of halogens is 1. The number of nitrogens with zero attached hydrogens (tertiary/aromatic N) is 2. The molecule has 0 aliphatic rings. The number of phenols is 1. The van der Waals surface area contributed by atoms with Crippen LogP contribution in [0, 0.1) is 5.92 Å². The Kier molecular flexibility index (Phi) is 4.71. The van der Waals surface area contributed by atoms with Crippen molar-refractivity contribution in [1.82, 2.24) is 10.1 Å². The monoisotopic (exact) mass is 298 g/mol. The van der Waals surface area contributed by atoms with E-state index in [4.69, 9.17) is 16.1 Å². The summed E-state index contributed by atoms with van der Waals surface area (Å²) >= 11 is 7.80. The maximum atomic E-state index is 9.46. The van der Waals surface area contributed by atoms with Crippen LogP contribution in [-0.4, -0.2) is 21.0 Å². The van der Waals surface area contributed by atoms with Crippen molar-refractivity contribution in [2.75, 3.05) is 5.75 Å². The van der Waals surface area contributed by atoms with Gasteiger partial charge >= 0.3 is 0 Å². The topological polar surface area (TPSA) is 59.2 Å². The van der Waals surface area contributed by atoms with Gasteiger partial charge in [-0.15, -0.1) is 0 Å². The van der Waals surface area contributed by atoms with Gasteiger partial charge in [-0.25, -0.2) is 0 Å². The second kappa shape index (κ2) is 6.30.